The van der Waals surface area contributed by atoms with Crippen molar-refractivity contribution in [2.45, 2.75) is 38.3 Å². The Balaban J connectivity index is 1.64. The number of nitrogens with one attached hydrogen (secondary N) is 2. The molecule has 14 nitrogen and oxygen atoms in total. The fraction of sp³-hybridized carbons (Fsp3) is 0.471. The van der Waals surface area contributed by atoms with Gasteiger partial charge < -0.3 is 30.9 Å². The molecule has 1 amide bonds. The molecule has 2 heterocycles. The summed E-state index contributed by atoms with van der Waals surface area (Å²) in [6, 6.07) is -0.969. The maximum atomic E-state index is 11.8. The number of carbonyl (C=O) groups is 3. The highest BCUT2D eigenvalue weighted by Crippen LogP contribution is 2.04. The quantitative estimate of drug-likeness (QED) is 0.113. The number of aliphatic carboxylic acids is 1. The molecule has 168 valence electrons. The van der Waals surface area contributed by atoms with E-state index in [9.17, 15) is 19.2 Å². The molecule has 0 fully saturated rings. The number of carboxylic acid groups (broad SMARTS) is 1. The second-order valence-corrected chi connectivity index (χ2v) is 6.46. The average Bonchev–Trinajstić information content (AvgIpc) is 3.14. The largest absolute Gasteiger partial charge is 0.480 e. The Bertz CT molecular complexity index is 1010. The van der Waals surface area contributed by atoms with Gasteiger partial charge in [-0.05, 0) is 12.8 Å². The van der Waals surface area contributed by atoms with Gasteiger partial charge in [-0.25, -0.2) is 9.97 Å². The molecule has 31 heavy (non-hydrogen) atoms. The number of guanidine groups is 1. The van der Waals surface area contributed by atoms with Gasteiger partial charge in [0.15, 0.2) is 17.1 Å². The topological polar surface area (TPSA) is 221 Å². The third kappa shape index (κ3) is 7.50. The van der Waals surface area contributed by atoms with Crippen LogP contribution in [-0.4, -0.2) is 67.6 Å². The van der Waals surface area contributed by atoms with Crippen molar-refractivity contribution < 1.29 is 24.2 Å². The number of aliphatic imine (C=N–C) groups is 1. The maximum Gasteiger partial charge on any atom is 0.320 e. The van der Waals surface area contributed by atoms with Crippen LogP contribution in [0.15, 0.2) is 22.4 Å². The molecule has 1 unspecified atom stereocenters. The van der Waals surface area contributed by atoms with E-state index in [1.165, 1.54) is 12.7 Å². The third-order valence-electron chi connectivity index (χ3n) is 4.10. The molecule has 14 heteroatoms. The van der Waals surface area contributed by atoms with Crippen LogP contribution >= 0.6 is 0 Å². The van der Waals surface area contributed by atoms with Crippen molar-refractivity contribution in [1.29, 1.82) is 0 Å². The summed E-state index contributed by atoms with van der Waals surface area (Å²) >= 11 is 0. The monoisotopic (exact) mass is 436 g/mol. The predicted molar refractivity (Wildman–Crippen MR) is 108 cm³/mol. The van der Waals surface area contributed by atoms with Gasteiger partial charge in [-0.1, -0.05) is 0 Å². The van der Waals surface area contributed by atoms with Crippen molar-refractivity contribution in [1.82, 2.24) is 24.8 Å². The Morgan fingerprint density at radius 3 is 2.84 bits per heavy atom. The van der Waals surface area contributed by atoms with Crippen LogP contribution in [0.3, 0.4) is 0 Å². The highest BCUT2D eigenvalue weighted by atomic mass is 16.5. The van der Waals surface area contributed by atoms with Gasteiger partial charge in [0.25, 0.3) is 5.56 Å². The van der Waals surface area contributed by atoms with Gasteiger partial charge in [-0.3, -0.25) is 29.5 Å². The van der Waals surface area contributed by atoms with Gasteiger partial charge >= 0.3 is 11.9 Å². The number of hydrogen-bond acceptors (Lipinski definition) is 9. The molecule has 7 N–H and O–H groups in total. The zero-order valence-corrected chi connectivity index (χ0v) is 16.6. The Morgan fingerprint density at radius 1 is 1.32 bits per heavy atom. The molecule has 0 saturated carbocycles. The van der Waals surface area contributed by atoms with Crippen LogP contribution in [0.2, 0.25) is 0 Å². The number of nitrogens with zero attached hydrogens (tertiary/aromatic N) is 4. The number of esters is 1. The average molecular weight is 436 g/mol. The number of aromatic nitrogens is 4. The van der Waals surface area contributed by atoms with Gasteiger partial charge in [-0.15, -0.1) is 0 Å². The van der Waals surface area contributed by atoms with E-state index in [0.717, 1.165) is 0 Å². The first-order valence-corrected chi connectivity index (χ1v) is 9.40. The molecule has 0 radical (unpaired) electrons. The number of hydrogen-bond donors (Lipinski definition) is 5. The maximum absolute atomic E-state index is 11.8. The number of carboxylic acids is 1. The minimum atomic E-state index is -1.09. The lowest BCUT2D eigenvalue weighted by atomic mass is 10.2. The van der Waals surface area contributed by atoms with Crippen LogP contribution in [0.4, 0.5) is 0 Å². The highest BCUT2D eigenvalue weighted by molar-refractivity contribution is 5.97. The number of ether oxygens (including phenoxy) is 1. The van der Waals surface area contributed by atoms with Crippen molar-refractivity contribution >= 4 is 35.0 Å². The lowest BCUT2D eigenvalue weighted by Gasteiger charge is -2.07. The minimum Gasteiger partial charge on any atom is -0.480 e. The molecule has 2 rings (SSSR count). The standard InChI is InChI=1S/C17H24N8O6/c18-10(16(29)30)2-1-5-20-17(19)24-11(26)3-4-12(27)31-7-6-25-9-23-13-14(25)21-8-22-15(13)28/h8-10H,1-7,18H2,(H,29,30)(H,21,22,28)(H3,19,20,24,26). The van der Waals surface area contributed by atoms with Crippen LogP contribution in [0.25, 0.3) is 11.2 Å². The lowest BCUT2D eigenvalue weighted by Crippen LogP contribution is -2.37. The summed E-state index contributed by atoms with van der Waals surface area (Å²) in [6.07, 6.45) is 3.00. The number of rotatable bonds is 11. The van der Waals surface area contributed by atoms with E-state index in [4.69, 9.17) is 21.3 Å². The van der Waals surface area contributed by atoms with E-state index in [1.54, 1.807) is 4.57 Å². The number of fused-ring (bicyclic) bond motifs is 1. The van der Waals surface area contributed by atoms with Crippen molar-refractivity contribution in [3.05, 3.63) is 23.0 Å². The highest BCUT2D eigenvalue weighted by Gasteiger charge is 2.12. The van der Waals surface area contributed by atoms with Crippen molar-refractivity contribution in [2.24, 2.45) is 16.5 Å². The van der Waals surface area contributed by atoms with Crippen LogP contribution in [0.1, 0.15) is 25.7 Å². The number of amides is 1. The molecule has 0 aromatic carbocycles. The van der Waals surface area contributed by atoms with Gasteiger partial charge in [-0.2, -0.15) is 0 Å². The van der Waals surface area contributed by atoms with Gasteiger partial charge in [0.1, 0.15) is 12.6 Å². The van der Waals surface area contributed by atoms with Crippen molar-refractivity contribution in [3.8, 4) is 0 Å². The summed E-state index contributed by atoms with van der Waals surface area (Å²) in [5, 5.41) is 11.0. The Kier molecular flexibility index (Phi) is 8.63. The van der Waals surface area contributed by atoms with Crippen LogP contribution in [0, 0.1) is 0 Å². The third-order valence-corrected chi connectivity index (χ3v) is 4.10. The normalized spacial score (nSPS) is 12.5. The molecule has 2 aromatic heterocycles. The predicted octanol–water partition coefficient (Wildman–Crippen LogP) is -1.93. The molecule has 0 aliphatic heterocycles. The minimum absolute atomic E-state index is 0.0163. The van der Waals surface area contributed by atoms with Crippen LogP contribution in [0.5, 0.6) is 0 Å². The van der Waals surface area contributed by atoms with Gasteiger partial charge in [0, 0.05) is 13.0 Å². The molecule has 1 atom stereocenters. The first kappa shape index (κ1) is 23.5. The second kappa shape index (κ2) is 11.4. The Hall–Kier alpha value is -3.81. The lowest BCUT2D eigenvalue weighted by molar-refractivity contribution is -0.145. The zero-order valence-electron chi connectivity index (χ0n) is 16.6. The number of aromatic amines is 1. The molecule has 0 aliphatic carbocycles. The molecule has 0 bridgehead atoms. The summed E-state index contributed by atoms with van der Waals surface area (Å²) in [5.41, 5.74) is 11.1. The molecule has 2 aromatic rings. The molecule has 0 spiro atoms. The summed E-state index contributed by atoms with van der Waals surface area (Å²) in [7, 11) is 0. The van der Waals surface area contributed by atoms with E-state index < -0.39 is 23.9 Å². The van der Waals surface area contributed by atoms with Crippen molar-refractivity contribution in [3.63, 3.8) is 0 Å². The second-order valence-electron chi connectivity index (χ2n) is 6.46. The summed E-state index contributed by atoms with van der Waals surface area (Å²) in [6.45, 7) is 0.470. The summed E-state index contributed by atoms with van der Waals surface area (Å²) in [5.74, 6) is -2.31. The number of carbonyl (C=O) groups excluding carboxylic acids is 2. The van der Waals surface area contributed by atoms with E-state index in [2.05, 4.69) is 25.3 Å². The summed E-state index contributed by atoms with van der Waals surface area (Å²) < 4.78 is 6.64. The Morgan fingerprint density at radius 2 is 2.10 bits per heavy atom. The first-order chi connectivity index (χ1) is 14.8. The van der Waals surface area contributed by atoms with Gasteiger partial charge in [0.2, 0.25) is 5.91 Å². The fourth-order valence-electron chi connectivity index (χ4n) is 2.48. The molecular weight excluding hydrogens is 412 g/mol. The van der Waals surface area contributed by atoms with Crippen LogP contribution in [-0.2, 0) is 25.7 Å². The number of nitrogens with two attached hydrogens (primary N) is 2. The van der Waals surface area contributed by atoms with E-state index in [0.29, 0.717) is 12.1 Å². The summed E-state index contributed by atoms with van der Waals surface area (Å²) in [4.78, 5) is 60.0. The van der Waals surface area contributed by atoms with E-state index >= 15 is 0 Å². The number of H-pyrrole nitrogens is 1. The van der Waals surface area contributed by atoms with Crippen molar-refractivity contribution in [2.75, 3.05) is 13.2 Å². The Labute approximate surface area is 175 Å². The molecular formula is C17H24N8O6. The smallest absolute Gasteiger partial charge is 0.320 e. The zero-order chi connectivity index (χ0) is 22.8. The number of imidazole rings is 1. The van der Waals surface area contributed by atoms with E-state index in [1.807, 2.05) is 0 Å². The van der Waals surface area contributed by atoms with Crippen LogP contribution < -0.4 is 22.3 Å². The first-order valence-electron chi connectivity index (χ1n) is 9.40. The SMILES string of the molecule is NC(=NCCCC(N)C(=O)O)NC(=O)CCC(=O)OCCn1cnc2c(=O)[nH]cnc21. The molecule has 0 saturated heterocycles. The van der Waals surface area contributed by atoms with E-state index in [-0.39, 0.29) is 56.0 Å². The fourth-order valence-corrected chi connectivity index (χ4v) is 2.48. The van der Waals surface area contributed by atoms with Gasteiger partial charge in [0.05, 0.1) is 25.6 Å². The molecule has 0 aliphatic rings.